The van der Waals surface area contributed by atoms with Gasteiger partial charge in [-0.1, -0.05) is 33.8 Å². The van der Waals surface area contributed by atoms with Gasteiger partial charge in [0.25, 0.3) is 0 Å². The number of nitrogens with one attached hydrogen (secondary N) is 2. The van der Waals surface area contributed by atoms with Gasteiger partial charge < -0.3 is 24.8 Å². The molecule has 1 aromatic rings. The van der Waals surface area contributed by atoms with E-state index in [9.17, 15) is 4.79 Å². The molecule has 29 heavy (non-hydrogen) atoms. The van der Waals surface area contributed by atoms with Crippen molar-refractivity contribution in [1.29, 1.82) is 0 Å². The lowest BCUT2D eigenvalue weighted by atomic mass is 9.95. The molecule has 2 rings (SSSR count). The summed E-state index contributed by atoms with van der Waals surface area (Å²) in [6.07, 6.45) is 0.961. The number of allylic oxidation sites excluding steroid dienone is 1. The van der Waals surface area contributed by atoms with Gasteiger partial charge in [-0.2, -0.15) is 0 Å². The molecule has 1 aliphatic heterocycles. The molecule has 0 aromatic heterocycles. The van der Waals surface area contributed by atoms with Crippen molar-refractivity contribution in [3.05, 3.63) is 35.0 Å². The molecule has 160 valence electrons. The zero-order valence-corrected chi connectivity index (χ0v) is 18.9. The molecule has 0 aliphatic carbocycles. The Hall–Kier alpha value is -2.28. The van der Waals surface area contributed by atoms with Crippen LogP contribution in [0.4, 0.5) is 0 Å². The minimum absolute atomic E-state index is 0.256. The smallest absolute Gasteiger partial charge is 0.338 e. The number of hydrogen-bond donors (Lipinski definition) is 2. The standard InChI is InChI=1S/C22H32N2O4S/c1-13(2)9-10-27-17-8-7-16(11-18(17)26-6)20-19(15(5)23-22(29)24-20)21(25)28-12-14(3)4/h7-8,11,13-14,20H,9-10,12H2,1-6H3,(H2,23,24,29)/t20-/m0/s1. The molecule has 1 atom stereocenters. The van der Waals surface area contributed by atoms with Gasteiger partial charge in [-0.05, 0) is 55.1 Å². The maximum atomic E-state index is 12.8. The van der Waals surface area contributed by atoms with Crippen LogP contribution in [0.15, 0.2) is 29.5 Å². The Kier molecular flexibility index (Phi) is 8.32. The third kappa shape index (κ3) is 6.35. The highest BCUT2D eigenvalue weighted by atomic mass is 32.1. The van der Waals surface area contributed by atoms with Crippen LogP contribution in [0.1, 0.15) is 52.6 Å². The highest BCUT2D eigenvalue weighted by Gasteiger charge is 2.31. The van der Waals surface area contributed by atoms with E-state index < -0.39 is 6.04 Å². The predicted molar refractivity (Wildman–Crippen MR) is 118 cm³/mol. The fourth-order valence-electron chi connectivity index (χ4n) is 2.92. The summed E-state index contributed by atoms with van der Waals surface area (Å²) in [5, 5.41) is 6.66. The molecule has 0 bridgehead atoms. The molecule has 0 saturated heterocycles. The number of carbonyl (C=O) groups excluding carboxylic acids is 1. The van der Waals surface area contributed by atoms with Crippen LogP contribution in [-0.2, 0) is 9.53 Å². The number of hydrogen-bond acceptors (Lipinski definition) is 5. The summed E-state index contributed by atoms with van der Waals surface area (Å²) in [4.78, 5) is 12.8. The van der Waals surface area contributed by atoms with Gasteiger partial charge in [0.05, 0.1) is 31.9 Å². The van der Waals surface area contributed by atoms with Gasteiger partial charge in [0.2, 0.25) is 0 Å². The first-order valence-electron chi connectivity index (χ1n) is 9.99. The highest BCUT2D eigenvalue weighted by Crippen LogP contribution is 2.34. The van der Waals surface area contributed by atoms with Gasteiger partial charge in [-0.3, -0.25) is 0 Å². The lowest BCUT2D eigenvalue weighted by Crippen LogP contribution is -2.45. The number of rotatable bonds is 9. The first-order chi connectivity index (χ1) is 13.7. The Morgan fingerprint density at radius 2 is 1.90 bits per heavy atom. The zero-order valence-electron chi connectivity index (χ0n) is 18.1. The lowest BCUT2D eigenvalue weighted by molar-refractivity contribution is -0.140. The molecule has 0 amide bonds. The molecule has 0 saturated carbocycles. The van der Waals surface area contributed by atoms with Gasteiger partial charge >= 0.3 is 5.97 Å². The second-order valence-electron chi connectivity index (χ2n) is 8.00. The van der Waals surface area contributed by atoms with Crippen molar-refractivity contribution in [3.63, 3.8) is 0 Å². The zero-order chi connectivity index (χ0) is 21.6. The topological polar surface area (TPSA) is 68.8 Å². The quantitative estimate of drug-likeness (QED) is 0.460. The average Bonchev–Trinajstić information content (AvgIpc) is 2.65. The molecule has 1 aromatic carbocycles. The molecule has 0 spiro atoms. The number of ether oxygens (including phenoxy) is 3. The van der Waals surface area contributed by atoms with E-state index in [1.807, 2.05) is 39.0 Å². The largest absolute Gasteiger partial charge is 0.493 e. The maximum absolute atomic E-state index is 12.8. The van der Waals surface area contributed by atoms with E-state index in [4.69, 9.17) is 26.4 Å². The van der Waals surface area contributed by atoms with Crippen molar-refractivity contribution in [1.82, 2.24) is 10.6 Å². The summed E-state index contributed by atoms with van der Waals surface area (Å²) in [6.45, 7) is 11.1. The SMILES string of the molecule is COc1cc([C@@H]2NC(=S)NC(C)=C2C(=O)OCC(C)C)ccc1OCCC(C)C. The summed E-state index contributed by atoms with van der Waals surface area (Å²) in [5.74, 6) is 1.75. The molecule has 6 nitrogen and oxygen atoms in total. The molecule has 0 radical (unpaired) electrons. The summed E-state index contributed by atoms with van der Waals surface area (Å²) >= 11 is 5.31. The van der Waals surface area contributed by atoms with Crippen LogP contribution in [-0.4, -0.2) is 31.4 Å². The predicted octanol–water partition coefficient (Wildman–Crippen LogP) is 4.11. The second kappa shape index (κ2) is 10.5. The van der Waals surface area contributed by atoms with Crippen LogP contribution in [0.5, 0.6) is 11.5 Å². The minimum Gasteiger partial charge on any atom is -0.493 e. The number of esters is 1. The van der Waals surface area contributed by atoms with Crippen LogP contribution >= 0.6 is 12.2 Å². The maximum Gasteiger partial charge on any atom is 0.338 e. The Bertz CT molecular complexity index is 774. The van der Waals surface area contributed by atoms with Crippen molar-refractivity contribution in [3.8, 4) is 11.5 Å². The first kappa shape index (κ1) is 23.0. The minimum atomic E-state index is -0.429. The molecule has 1 aliphatic rings. The summed E-state index contributed by atoms with van der Waals surface area (Å²) < 4.78 is 16.9. The van der Waals surface area contributed by atoms with E-state index in [-0.39, 0.29) is 11.9 Å². The van der Waals surface area contributed by atoms with Gasteiger partial charge in [0.1, 0.15) is 0 Å². The lowest BCUT2D eigenvalue weighted by Gasteiger charge is -2.30. The normalized spacial score (nSPS) is 16.6. The van der Waals surface area contributed by atoms with E-state index in [1.54, 1.807) is 7.11 Å². The summed E-state index contributed by atoms with van der Waals surface area (Å²) in [6, 6.07) is 5.23. The molecular weight excluding hydrogens is 388 g/mol. The van der Waals surface area contributed by atoms with Crippen molar-refractivity contribution < 1.29 is 19.0 Å². The van der Waals surface area contributed by atoms with E-state index in [1.165, 1.54) is 0 Å². The number of methoxy groups -OCH3 is 1. The van der Waals surface area contributed by atoms with E-state index in [0.717, 1.165) is 12.0 Å². The van der Waals surface area contributed by atoms with Crippen molar-refractivity contribution in [2.45, 2.75) is 47.1 Å². The highest BCUT2D eigenvalue weighted by molar-refractivity contribution is 7.80. The Morgan fingerprint density at radius 1 is 1.17 bits per heavy atom. The Balaban J connectivity index is 2.30. The van der Waals surface area contributed by atoms with Crippen LogP contribution < -0.4 is 20.1 Å². The fourth-order valence-corrected chi connectivity index (χ4v) is 3.19. The van der Waals surface area contributed by atoms with Crippen molar-refractivity contribution in [2.24, 2.45) is 11.8 Å². The number of thiocarbonyl (C=S) groups is 1. The van der Waals surface area contributed by atoms with E-state index in [2.05, 4.69) is 24.5 Å². The Morgan fingerprint density at radius 3 is 2.52 bits per heavy atom. The summed E-state index contributed by atoms with van der Waals surface area (Å²) in [7, 11) is 1.60. The molecule has 7 heteroatoms. The second-order valence-corrected chi connectivity index (χ2v) is 8.41. The van der Waals surface area contributed by atoms with Crippen LogP contribution in [0.25, 0.3) is 0 Å². The van der Waals surface area contributed by atoms with Crippen molar-refractivity contribution >= 4 is 23.3 Å². The molecule has 2 N–H and O–H groups in total. The van der Waals surface area contributed by atoms with Gasteiger partial charge in [0, 0.05) is 5.70 Å². The monoisotopic (exact) mass is 420 g/mol. The van der Waals surface area contributed by atoms with Gasteiger partial charge in [0.15, 0.2) is 16.6 Å². The Labute approximate surface area is 179 Å². The molecule has 0 fully saturated rings. The first-order valence-corrected chi connectivity index (χ1v) is 10.4. The third-order valence-electron chi connectivity index (χ3n) is 4.51. The van der Waals surface area contributed by atoms with Crippen molar-refractivity contribution in [2.75, 3.05) is 20.3 Å². The summed E-state index contributed by atoms with van der Waals surface area (Å²) in [5.41, 5.74) is 2.04. The van der Waals surface area contributed by atoms with Gasteiger partial charge in [-0.25, -0.2) is 4.79 Å². The molecule has 1 heterocycles. The molecular formula is C22H32N2O4S. The fraction of sp³-hybridized carbons (Fsp3) is 0.545. The van der Waals surface area contributed by atoms with Crippen LogP contribution in [0, 0.1) is 11.8 Å². The molecule has 0 unspecified atom stereocenters. The number of benzene rings is 1. The number of carbonyl (C=O) groups is 1. The van der Waals surface area contributed by atoms with Gasteiger partial charge in [-0.15, -0.1) is 0 Å². The van der Waals surface area contributed by atoms with Crippen LogP contribution in [0.3, 0.4) is 0 Å². The third-order valence-corrected chi connectivity index (χ3v) is 4.73. The average molecular weight is 421 g/mol. The van der Waals surface area contributed by atoms with E-state index in [0.29, 0.717) is 47.0 Å². The van der Waals surface area contributed by atoms with Crippen LogP contribution in [0.2, 0.25) is 0 Å². The van der Waals surface area contributed by atoms with E-state index >= 15 is 0 Å².